The molecule has 7 nitrogen and oxygen atoms in total. The van der Waals surface area contributed by atoms with E-state index in [1.807, 2.05) is 31.3 Å². The highest BCUT2D eigenvalue weighted by atomic mass is 35.5. The van der Waals surface area contributed by atoms with Crippen molar-refractivity contribution in [1.82, 2.24) is 5.32 Å². The van der Waals surface area contributed by atoms with Crippen LogP contribution in [-0.4, -0.2) is 41.0 Å². The number of carbonyl (C=O) groups excluding carboxylic acids is 1. The van der Waals surface area contributed by atoms with E-state index in [0.717, 1.165) is 24.8 Å². The molecule has 0 heterocycles. The van der Waals surface area contributed by atoms with Gasteiger partial charge in [0, 0.05) is 17.9 Å². The Bertz CT molecular complexity index is 652. The quantitative estimate of drug-likeness (QED) is 0.591. The van der Waals surface area contributed by atoms with Gasteiger partial charge in [0.2, 0.25) is 0 Å². The number of carboxylic acid groups (broad SMARTS) is 2. The second kappa shape index (κ2) is 10.3. The van der Waals surface area contributed by atoms with Crippen LogP contribution in [0.2, 0.25) is 5.02 Å². The summed E-state index contributed by atoms with van der Waals surface area (Å²) in [5.74, 6) is -1.94. The van der Waals surface area contributed by atoms with E-state index < -0.39 is 23.5 Å². The van der Waals surface area contributed by atoms with Crippen LogP contribution in [0.3, 0.4) is 0 Å². The number of ketones is 1. The lowest BCUT2D eigenvalue weighted by Crippen LogP contribution is -2.49. The summed E-state index contributed by atoms with van der Waals surface area (Å²) in [6.07, 6.45) is 3.32. The highest BCUT2D eigenvalue weighted by molar-refractivity contribution is 6.31. The predicted molar refractivity (Wildman–Crippen MR) is 98.1 cm³/mol. The number of nitrogens with one attached hydrogen (secondary N) is 1. The first-order valence-electron chi connectivity index (χ1n) is 8.42. The van der Waals surface area contributed by atoms with Crippen LogP contribution in [-0.2, 0) is 19.9 Å². The second-order valence-corrected chi connectivity index (χ2v) is 6.55. The highest BCUT2D eigenvalue weighted by Crippen LogP contribution is 2.37. The van der Waals surface area contributed by atoms with Crippen molar-refractivity contribution >= 4 is 29.3 Å². The van der Waals surface area contributed by atoms with Crippen molar-refractivity contribution in [3.05, 3.63) is 34.9 Å². The summed E-state index contributed by atoms with van der Waals surface area (Å²) in [6.45, 7) is 0. The van der Waals surface area contributed by atoms with Crippen LogP contribution in [0, 0.1) is 0 Å². The number of Topliss-reactive ketones (excluding diaryl/α,β-unsaturated/α-hetero) is 1. The minimum absolute atomic E-state index is 0.0231. The molecule has 144 valence electrons. The molecule has 1 aromatic rings. The van der Waals surface area contributed by atoms with Gasteiger partial charge in [0.15, 0.2) is 5.78 Å². The van der Waals surface area contributed by atoms with Gasteiger partial charge >= 0.3 is 11.9 Å². The molecular formula is C18H25ClN2O5. The molecule has 26 heavy (non-hydrogen) atoms. The smallest absolute Gasteiger partial charge is 0.320 e. The lowest BCUT2D eigenvalue weighted by Gasteiger charge is -2.36. The van der Waals surface area contributed by atoms with Gasteiger partial charge in [0.25, 0.3) is 0 Å². The summed E-state index contributed by atoms with van der Waals surface area (Å²) in [7, 11) is 1.84. The largest absolute Gasteiger partial charge is 0.481 e. The Hall–Kier alpha value is -1.96. The zero-order valence-corrected chi connectivity index (χ0v) is 15.5. The van der Waals surface area contributed by atoms with Crippen LogP contribution < -0.4 is 11.1 Å². The maximum Gasteiger partial charge on any atom is 0.320 e. The highest BCUT2D eigenvalue weighted by Gasteiger charge is 2.41. The van der Waals surface area contributed by atoms with Crippen LogP contribution >= 0.6 is 11.6 Å². The van der Waals surface area contributed by atoms with Gasteiger partial charge in [-0.15, -0.1) is 0 Å². The van der Waals surface area contributed by atoms with Gasteiger partial charge in [-0.2, -0.15) is 0 Å². The third-order valence-corrected chi connectivity index (χ3v) is 4.76. The average molecular weight is 385 g/mol. The number of carbonyl (C=O) groups is 3. The van der Waals surface area contributed by atoms with Crippen molar-refractivity contribution in [2.45, 2.75) is 50.1 Å². The van der Waals surface area contributed by atoms with Crippen LogP contribution in [0.15, 0.2) is 24.3 Å². The van der Waals surface area contributed by atoms with Gasteiger partial charge in [-0.05, 0) is 37.9 Å². The monoisotopic (exact) mass is 384 g/mol. The fourth-order valence-electron chi connectivity index (χ4n) is 2.92. The number of aliphatic carboxylic acids is 2. The van der Waals surface area contributed by atoms with Crippen molar-refractivity contribution < 1.29 is 24.6 Å². The standard InChI is InChI=1S/C13H16ClNO.C5H9NO4/c1-15-13(9-5-4-8-12(13)16)10-6-2-3-7-11(10)14;6-3(5(9)10)1-2-4(7)8/h2-3,6-7,15H,4-5,8-9H2,1H3;3H,1-2,6H2,(H,7,8)(H,9,10). The molecule has 0 spiro atoms. The maximum absolute atomic E-state index is 12.2. The summed E-state index contributed by atoms with van der Waals surface area (Å²) >= 11 is 6.20. The van der Waals surface area contributed by atoms with E-state index in [4.69, 9.17) is 27.5 Å². The topological polar surface area (TPSA) is 130 Å². The number of hydrogen-bond donors (Lipinski definition) is 4. The Morgan fingerprint density at radius 3 is 2.46 bits per heavy atom. The number of carboxylic acids is 2. The molecular weight excluding hydrogens is 360 g/mol. The van der Waals surface area contributed by atoms with Gasteiger partial charge in [0.1, 0.15) is 11.6 Å². The number of halogens is 1. The molecule has 0 aromatic heterocycles. The van der Waals surface area contributed by atoms with Crippen molar-refractivity contribution in [3.8, 4) is 0 Å². The summed E-state index contributed by atoms with van der Waals surface area (Å²) in [4.78, 5) is 32.1. The van der Waals surface area contributed by atoms with Gasteiger partial charge in [-0.1, -0.05) is 36.2 Å². The van der Waals surface area contributed by atoms with Gasteiger partial charge in [-0.3, -0.25) is 14.4 Å². The molecule has 2 atom stereocenters. The average Bonchev–Trinajstić information content (AvgIpc) is 2.61. The van der Waals surface area contributed by atoms with Crippen molar-refractivity contribution in [1.29, 1.82) is 0 Å². The van der Waals surface area contributed by atoms with E-state index in [9.17, 15) is 14.4 Å². The Kier molecular flexibility index (Phi) is 8.71. The minimum atomic E-state index is -1.17. The number of nitrogens with two attached hydrogens (primary N) is 1. The van der Waals surface area contributed by atoms with E-state index in [2.05, 4.69) is 5.32 Å². The molecule has 0 bridgehead atoms. The fraction of sp³-hybridized carbons (Fsp3) is 0.500. The molecule has 5 N–H and O–H groups in total. The first-order chi connectivity index (χ1) is 12.2. The van der Waals surface area contributed by atoms with Gasteiger partial charge < -0.3 is 21.3 Å². The van der Waals surface area contributed by atoms with E-state index in [1.165, 1.54) is 0 Å². The molecule has 0 radical (unpaired) electrons. The van der Waals surface area contributed by atoms with Crippen LogP contribution in [0.1, 0.15) is 44.1 Å². The maximum atomic E-state index is 12.2. The molecule has 1 saturated carbocycles. The Labute approximate surface area is 157 Å². The third-order valence-electron chi connectivity index (χ3n) is 4.43. The predicted octanol–water partition coefficient (Wildman–Crippen LogP) is 2.16. The number of likely N-dealkylation sites (N-methyl/N-ethyl adjacent to an activating group) is 1. The van der Waals surface area contributed by atoms with Crippen LogP contribution in [0.25, 0.3) is 0 Å². The number of rotatable bonds is 6. The summed E-state index contributed by atoms with van der Waals surface area (Å²) in [5.41, 5.74) is 5.36. The van der Waals surface area contributed by atoms with Gasteiger partial charge in [0.05, 0.1) is 0 Å². The molecule has 8 heteroatoms. The fourth-order valence-corrected chi connectivity index (χ4v) is 3.22. The van der Waals surface area contributed by atoms with Crippen molar-refractivity contribution in [3.63, 3.8) is 0 Å². The molecule has 1 aliphatic carbocycles. The summed E-state index contributed by atoms with van der Waals surface area (Å²) in [6, 6.07) is 6.56. The van der Waals surface area contributed by atoms with E-state index in [0.29, 0.717) is 11.4 Å². The Balaban J connectivity index is 0.000000294. The van der Waals surface area contributed by atoms with Crippen LogP contribution in [0.4, 0.5) is 0 Å². The Morgan fingerprint density at radius 1 is 1.31 bits per heavy atom. The van der Waals surface area contributed by atoms with Crippen molar-refractivity contribution in [2.24, 2.45) is 5.73 Å². The summed E-state index contributed by atoms with van der Waals surface area (Å²) in [5, 5.41) is 20.1. The molecule has 0 saturated heterocycles. The number of benzene rings is 1. The second-order valence-electron chi connectivity index (χ2n) is 6.14. The SMILES string of the molecule is CNC1(c2ccccc2Cl)CCCCC1=O.NC(CCC(=O)O)C(=O)O. The molecule has 0 aliphatic heterocycles. The zero-order valence-electron chi connectivity index (χ0n) is 14.7. The molecule has 2 unspecified atom stereocenters. The normalized spacial score (nSPS) is 20.7. The number of hydrogen-bond acceptors (Lipinski definition) is 5. The lowest BCUT2D eigenvalue weighted by molar-refractivity contribution is -0.140. The van der Waals surface area contributed by atoms with E-state index >= 15 is 0 Å². The first-order valence-corrected chi connectivity index (χ1v) is 8.79. The summed E-state index contributed by atoms with van der Waals surface area (Å²) < 4.78 is 0. The molecule has 2 rings (SSSR count). The third kappa shape index (κ3) is 5.79. The van der Waals surface area contributed by atoms with Gasteiger partial charge in [-0.25, -0.2) is 0 Å². The lowest BCUT2D eigenvalue weighted by atomic mass is 9.75. The first kappa shape index (κ1) is 22.1. The minimum Gasteiger partial charge on any atom is -0.481 e. The Morgan fingerprint density at radius 2 is 1.96 bits per heavy atom. The van der Waals surface area contributed by atoms with Crippen LogP contribution in [0.5, 0.6) is 0 Å². The van der Waals surface area contributed by atoms with Crippen molar-refractivity contribution in [2.75, 3.05) is 7.05 Å². The molecule has 1 aromatic carbocycles. The van der Waals surface area contributed by atoms with E-state index in [-0.39, 0.29) is 18.6 Å². The molecule has 1 aliphatic rings. The molecule has 1 fully saturated rings. The zero-order chi connectivity index (χ0) is 19.7. The molecule has 0 amide bonds. The van der Waals surface area contributed by atoms with E-state index in [1.54, 1.807) is 0 Å².